The molecule has 1 saturated heterocycles. The lowest BCUT2D eigenvalue weighted by Gasteiger charge is -2.03. The molecule has 2 heterocycles. The van der Waals surface area contributed by atoms with Gasteiger partial charge in [0.15, 0.2) is 5.17 Å². The molecule has 0 unspecified atom stereocenters. The number of hydrogen-bond donors (Lipinski definition) is 2. The Hall–Kier alpha value is -2.93. The van der Waals surface area contributed by atoms with Crippen molar-refractivity contribution in [2.45, 2.75) is 6.92 Å². The molecule has 1 aromatic heterocycles. The number of carbonyl (C=O) groups excluding carboxylic acids is 1. The van der Waals surface area contributed by atoms with Gasteiger partial charge in [-0.05, 0) is 54.1 Å². The number of carbonyl (C=O) groups is 2. The van der Waals surface area contributed by atoms with Crippen molar-refractivity contribution in [2.24, 2.45) is 4.99 Å². The van der Waals surface area contributed by atoms with Crippen molar-refractivity contribution < 1.29 is 14.7 Å². The van der Waals surface area contributed by atoms with Crippen LogP contribution in [-0.4, -0.2) is 27.1 Å². The fourth-order valence-corrected chi connectivity index (χ4v) is 2.90. The van der Waals surface area contributed by atoms with E-state index in [1.165, 1.54) is 23.9 Å². The molecule has 24 heavy (non-hydrogen) atoms. The van der Waals surface area contributed by atoms with E-state index in [1.807, 2.05) is 13.0 Å². The molecule has 1 aliphatic rings. The monoisotopic (exact) mass is 339 g/mol. The summed E-state index contributed by atoms with van der Waals surface area (Å²) in [5, 5.41) is 12.2. The zero-order valence-corrected chi connectivity index (χ0v) is 13.5. The number of aryl methyl sites for hydroxylation is 1. The van der Waals surface area contributed by atoms with Crippen LogP contribution in [0.4, 0.5) is 5.69 Å². The van der Waals surface area contributed by atoms with E-state index in [0.717, 1.165) is 11.1 Å². The lowest BCUT2D eigenvalue weighted by molar-refractivity contribution is -0.115. The van der Waals surface area contributed by atoms with Crippen LogP contribution < -0.4 is 5.32 Å². The molecule has 2 N–H and O–H groups in total. The number of nitrogens with zero attached hydrogens (tertiary/aromatic N) is 2. The third kappa shape index (κ3) is 3.52. The molecular formula is C17H13N3O3S. The Morgan fingerprint density at radius 1 is 1.38 bits per heavy atom. The summed E-state index contributed by atoms with van der Waals surface area (Å²) in [7, 11) is 0. The average Bonchev–Trinajstić information content (AvgIpc) is 2.90. The highest BCUT2D eigenvalue weighted by Gasteiger charge is 2.24. The van der Waals surface area contributed by atoms with Crippen LogP contribution in [0.3, 0.4) is 0 Å². The molecule has 1 aromatic carbocycles. The molecule has 0 aliphatic carbocycles. The van der Waals surface area contributed by atoms with Crippen molar-refractivity contribution in [1.82, 2.24) is 10.3 Å². The Morgan fingerprint density at radius 2 is 2.21 bits per heavy atom. The topological polar surface area (TPSA) is 91.6 Å². The van der Waals surface area contributed by atoms with E-state index < -0.39 is 5.97 Å². The number of aliphatic imine (C=N–C) groups is 1. The first-order valence-corrected chi connectivity index (χ1v) is 7.88. The van der Waals surface area contributed by atoms with Gasteiger partial charge in [-0.3, -0.25) is 9.78 Å². The van der Waals surface area contributed by atoms with E-state index in [9.17, 15) is 9.59 Å². The van der Waals surface area contributed by atoms with Gasteiger partial charge in [-0.15, -0.1) is 0 Å². The number of hydrogen-bond acceptors (Lipinski definition) is 5. The van der Waals surface area contributed by atoms with E-state index in [-0.39, 0.29) is 11.5 Å². The van der Waals surface area contributed by atoms with Gasteiger partial charge in [0.1, 0.15) is 0 Å². The Bertz CT molecular complexity index is 876. The first-order valence-electron chi connectivity index (χ1n) is 7.06. The quantitative estimate of drug-likeness (QED) is 0.839. The van der Waals surface area contributed by atoms with Gasteiger partial charge < -0.3 is 10.4 Å². The van der Waals surface area contributed by atoms with Gasteiger partial charge in [-0.2, -0.15) is 0 Å². The van der Waals surface area contributed by atoms with E-state index in [2.05, 4.69) is 15.3 Å². The van der Waals surface area contributed by atoms with Crippen LogP contribution in [-0.2, 0) is 4.79 Å². The number of rotatable bonds is 3. The molecule has 1 amide bonds. The number of amides is 1. The molecule has 2 aromatic rings. The smallest absolute Gasteiger partial charge is 0.335 e. The summed E-state index contributed by atoms with van der Waals surface area (Å²) in [5.74, 6) is -1.26. The number of aromatic nitrogens is 1. The maximum atomic E-state index is 12.0. The molecule has 0 radical (unpaired) electrons. The normalized spacial score (nSPS) is 17.3. The minimum Gasteiger partial charge on any atom is -0.478 e. The highest BCUT2D eigenvalue weighted by molar-refractivity contribution is 8.18. The molecule has 120 valence electrons. The first-order chi connectivity index (χ1) is 11.5. The molecule has 3 rings (SSSR count). The van der Waals surface area contributed by atoms with Crippen LogP contribution in [0, 0.1) is 6.92 Å². The van der Waals surface area contributed by atoms with Crippen LogP contribution >= 0.6 is 11.8 Å². The summed E-state index contributed by atoms with van der Waals surface area (Å²) >= 11 is 1.21. The average molecular weight is 339 g/mol. The maximum absolute atomic E-state index is 12.0. The maximum Gasteiger partial charge on any atom is 0.335 e. The molecule has 6 nitrogen and oxygen atoms in total. The number of carboxylic acids is 1. The number of carboxylic acid groups (broad SMARTS) is 1. The zero-order chi connectivity index (χ0) is 17.1. The van der Waals surface area contributed by atoms with Gasteiger partial charge in [0.05, 0.1) is 16.2 Å². The summed E-state index contributed by atoms with van der Waals surface area (Å²) < 4.78 is 0. The van der Waals surface area contributed by atoms with Crippen molar-refractivity contribution in [3.05, 3.63) is 64.3 Å². The standard InChI is InChI=1S/C17H13N3O3S/c1-10-4-5-12(16(22)23)8-13(10)19-17-20-15(21)14(24-17)7-11-3-2-6-18-9-11/h2-9H,1H3,(H,22,23)(H,19,20,21)/b14-7-. The predicted molar refractivity (Wildman–Crippen MR) is 93.2 cm³/mol. The fraction of sp³-hybridized carbons (Fsp3) is 0.0588. The number of benzene rings is 1. The highest BCUT2D eigenvalue weighted by Crippen LogP contribution is 2.29. The minimum absolute atomic E-state index is 0.153. The summed E-state index contributed by atoms with van der Waals surface area (Å²) in [6, 6.07) is 8.34. The Morgan fingerprint density at radius 3 is 2.92 bits per heavy atom. The largest absolute Gasteiger partial charge is 0.478 e. The van der Waals surface area contributed by atoms with E-state index in [4.69, 9.17) is 5.11 Å². The van der Waals surface area contributed by atoms with Gasteiger partial charge in [-0.1, -0.05) is 12.1 Å². The van der Waals surface area contributed by atoms with Crippen molar-refractivity contribution >= 4 is 40.6 Å². The Balaban J connectivity index is 1.88. The minimum atomic E-state index is -1.02. The molecular weight excluding hydrogens is 326 g/mol. The van der Waals surface area contributed by atoms with Crippen molar-refractivity contribution in [1.29, 1.82) is 0 Å². The third-order valence-corrected chi connectivity index (χ3v) is 4.22. The number of pyridine rings is 1. The number of amidine groups is 1. The lowest BCUT2D eigenvalue weighted by atomic mass is 10.1. The van der Waals surface area contributed by atoms with E-state index in [1.54, 1.807) is 30.6 Å². The molecule has 1 aliphatic heterocycles. The second-order valence-electron chi connectivity index (χ2n) is 5.07. The lowest BCUT2D eigenvalue weighted by Crippen LogP contribution is -2.19. The molecule has 7 heteroatoms. The SMILES string of the molecule is Cc1ccc(C(=O)O)cc1N=C1NC(=O)/C(=C/c2cccnc2)S1. The summed E-state index contributed by atoms with van der Waals surface area (Å²) in [6.07, 6.45) is 5.06. The van der Waals surface area contributed by atoms with Crippen LogP contribution in [0.2, 0.25) is 0 Å². The molecule has 0 atom stereocenters. The zero-order valence-electron chi connectivity index (χ0n) is 12.7. The fourth-order valence-electron chi connectivity index (χ4n) is 2.07. The summed E-state index contributed by atoms with van der Waals surface area (Å²) in [4.78, 5) is 32.0. The Labute approximate surface area is 142 Å². The Kier molecular flexibility index (Phi) is 4.43. The van der Waals surface area contributed by atoms with Gasteiger partial charge in [-0.25, -0.2) is 9.79 Å². The summed E-state index contributed by atoms with van der Waals surface area (Å²) in [5.41, 5.74) is 2.31. The molecule has 1 fully saturated rings. The van der Waals surface area contributed by atoms with Crippen LogP contribution in [0.15, 0.2) is 52.6 Å². The van der Waals surface area contributed by atoms with Crippen molar-refractivity contribution in [2.75, 3.05) is 0 Å². The van der Waals surface area contributed by atoms with Crippen LogP contribution in [0.1, 0.15) is 21.5 Å². The van der Waals surface area contributed by atoms with E-state index in [0.29, 0.717) is 15.8 Å². The summed E-state index contributed by atoms with van der Waals surface area (Å²) in [6.45, 7) is 1.83. The highest BCUT2D eigenvalue weighted by atomic mass is 32.2. The second kappa shape index (κ2) is 6.67. The van der Waals surface area contributed by atoms with Crippen LogP contribution in [0.5, 0.6) is 0 Å². The van der Waals surface area contributed by atoms with Crippen molar-refractivity contribution in [3.8, 4) is 0 Å². The molecule has 0 saturated carbocycles. The van der Waals surface area contributed by atoms with Gasteiger partial charge in [0.2, 0.25) is 0 Å². The van der Waals surface area contributed by atoms with Gasteiger partial charge >= 0.3 is 5.97 Å². The number of thioether (sulfide) groups is 1. The second-order valence-corrected chi connectivity index (χ2v) is 6.11. The van der Waals surface area contributed by atoms with Crippen molar-refractivity contribution in [3.63, 3.8) is 0 Å². The van der Waals surface area contributed by atoms with Gasteiger partial charge in [0, 0.05) is 12.4 Å². The molecule has 0 spiro atoms. The third-order valence-electron chi connectivity index (χ3n) is 3.31. The number of nitrogens with one attached hydrogen (secondary N) is 1. The van der Waals surface area contributed by atoms with Gasteiger partial charge in [0.25, 0.3) is 5.91 Å². The van der Waals surface area contributed by atoms with E-state index >= 15 is 0 Å². The number of aromatic carboxylic acids is 1. The predicted octanol–water partition coefficient (Wildman–Crippen LogP) is 2.98. The molecule has 0 bridgehead atoms. The first kappa shape index (κ1) is 15.9. The van der Waals surface area contributed by atoms with Crippen LogP contribution in [0.25, 0.3) is 6.08 Å².